The van der Waals surface area contributed by atoms with Crippen molar-refractivity contribution in [3.8, 4) is 11.5 Å². The number of fused-ring (bicyclic) bond motifs is 2. The van der Waals surface area contributed by atoms with E-state index in [0.717, 1.165) is 39.1 Å². The molecular formula is C23H25N3O3S. The van der Waals surface area contributed by atoms with Gasteiger partial charge in [-0.05, 0) is 73.9 Å². The molecule has 0 fully saturated rings. The Kier molecular flexibility index (Phi) is 5.63. The molecule has 1 aliphatic heterocycles. The summed E-state index contributed by atoms with van der Waals surface area (Å²) in [5, 5.41) is 4.86. The summed E-state index contributed by atoms with van der Waals surface area (Å²) in [5.74, 6) is 1.48. The van der Waals surface area contributed by atoms with Crippen LogP contribution >= 0.6 is 12.2 Å². The molecule has 30 heavy (non-hydrogen) atoms. The van der Waals surface area contributed by atoms with Crippen molar-refractivity contribution < 1.29 is 9.47 Å². The molecule has 0 amide bonds. The summed E-state index contributed by atoms with van der Waals surface area (Å²) in [5.41, 5.74) is 4.74. The van der Waals surface area contributed by atoms with Gasteiger partial charge in [-0.2, -0.15) is 0 Å². The second-order valence-electron chi connectivity index (χ2n) is 7.55. The number of pyridine rings is 1. The van der Waals surface area contributed by atoms with Gasteiger partial charge in [-0.15, -0.1) is 0 Å². The monoisotopic (exact) mass is 423 g/mol. The largest absolute Gasteiger partial charge is 0.454 e. The van der Waals surface area contributed by atoms with E-state index < -0.39 is 0 Å². The van der Waals surface area contributed by atoms with Crippen LogP contribution in [0, 0.1) is 13.8 Å². The fourth-order valence-electron chi connectivity index (χ4n) is 3.76. The predicted octanol–water partition coefficient (Wildman–Crippen LogP) is 3.77. The van der Waals surface area contributed by atoms with E-state index in [1.165, 1.54) is 0 Å². The van der Waals surface area contributed by atoms with Crippen LogP contribution in [0.4, 0.5) is 0 Å². The molecule has 0 radical (unpaired) electrons. The van der Waals surface area contributed by atoms with Gasteiger partial charge >= 0.3 is 0 Å². The Hall–Kier alpha value is -3.06. The summed E-state index contributed by atoms with van der Waals surface area (Å²) in [6, 6.07) is 12.0. The van der Waals surface area contributed by atoms with E-state index in [9.17, 15) is 4.79 Å². The molecule has 0 spiro atoms. The highest BCUT2D eigenvalue weighted by atomic mass is 32.1. The Labute approximate surface area is 180 Å². The van der Waals surface area contributed by atoms with Crippen molar-refractivity contribution in [3.05, 3.63) is 69.0 Å². The molecule has 2 aromatic carbocycles. The van der Waals surface area contributed by atoms with E-state index in [1.54, 1.807) is 0 Å². The number of aromatic nitrogens is 1. The maximum Gasteiger partial charge on any atom is 0.253 e. The number of benzene rings is 2. The second kappa shape index (κ2) is 8.36. The highest BCUT2D eigenvalue weighted by Crippen LogP contribution is 2.33. The lowest BCUT2D eigenvalue weighted by molar-refractivity contribution is 0.174. The van der Waals surface area contributed by atoms with Gasteiger partial charge in [-0.3, -0.25) is 4.79 Å². The first-order chi connectivity index (χ1) is 14.4. The summed E-state index contributed by atoms with van der Waals surface area (Å²) < 4.78 is 10.9. The topological polar surface area (TPSA) is 66.6 Å². The molecule has 4 rings (SSSR count). The summed E-state index contributed by atoms with van der Waals surface area (Å²) >= 11 is 5.60. The van der Waals surface area contributed by atoms with Crippen molar-refractivity contribution >= 4 is 28.2 Å². The van der Waals surface area contributed by atoms with E-state index in [-0.39, 0.29) is 12.4 Å². The molecule has 6 nitrogen and oxygen atoms in total. The molecule has 2 heterocycles. The van der Waals surface area contributed by atoms with Crippen LogP contribution in [0.3, 0.4) is 0 Å². The average Bonchev–Trinajstić information content (AvgIpc) is 3.16. The van der Waals surface area contributed by atoms with Gasteiger partial charge in [0.1, 0.15) is 0 Å². The highest BCUT2D eigenvalue weighted by molar-refractivity contribution is 7.80. The zero-order valence-corrected chi connectivity index (χ0v) is 18.2. The third-order valence-electron chi connectivity index (χ3n) is 5.18. The number of H-pyrrole nitrogens is 1. The van der Waals surface area contributed by atoms with Crippen LogP contribution < -0.4 is 20.3 Å². The first-order valence-corrected chi connectivity index (χ1v) is 10.4. The number of nitrogens with zero attached hydrogens (tertiary/aromatic N) is 1. The minimum absolute atomic E-state index is 0.0949. The van der Waals surface area contributed by atoms with Gasteiger partial charge in [0.15, 0.2) is 16.6 Å². The highest BCUT2D eigenvalue weighted by Gasteiger charge is 2.17. The third kappa shape index (κ3) is 4.11. The van der Waals surface area contributed by atoms with E-state index >= 15 is 0 Å². The van der Waals surface area contributed by atoms with Crippen molar-refractivity contribution in [2.75, 3.05) is 13.3 Å². The van der Waals surface area contributed by atoms with Gasteiger partial charge in [-0.1, -0.05) is 12.1 Å². The molecule has 0 bridgehead atoms. The number of hydrogen-bond acceptors (Lipinski definition) is 4. The first-order valence-electron chi connectivity index (χ1n) is 9.99. The van der Waals surface area contributed by atoms with Crippen LogP contribution in [0.5, 0.6) is 11.5 Å². The molecule has 156 valence electrons. The quantitative estimate of drug-likeness (QED) is 0.609. The zero-order valence-electron chi connectivity index (χ0n) is 17.4. The van der Waals surface area contributed by atoms with E-state index in [2.05, 4.69) is 23.3 Å². The minimum atomic E-state index is -0.0949. The van der Waals surface area contributed by atoms with Crippen molar-refractivity contribution in [2.24, 2.45) is 0 Å². The fourth-order valence-corrected chi connectivity index (χ4v) is 4.03. The van der Waals surface area contributed by atoms with Crippen LogP contribution in [0.2, 0.25) is 0 Å². The number of aryl methyl sites for hydroxylation is 2. The number of aromatic amines is 1. The molecule has 1 aromatic heterocycles. The minimum Gasteiger partial charge on any atom is -0.454 e. The number of nitrogens with one attached hydrogen (secondary N) is 2. The standard InChI is InChI=1S/C23H25N3O3S/c1-4-24-23(30)26(11-16-5-6-20-21(9-16)29-13-28-20)12-17-10-18-15(3)7-14(2)8-19(18)25-22(17)27/h5-10H,4,11-13H2,1-3H3,(H,24,30)(H,25,27). The van der Waals surface area contributed by atoms with Crippen molar-refractivity contribution in [1.29, 1.82) is 0 Å². The van der Waals surface area contributed by atoms with Crippen LogP contribution in [0.1, 0.15) is 29.2 Å². The molecule has 7 heteroatoms. The lowest BCUT2D eigenvalue weighted by Gasteiger charge is -2.26. The molecular weight excluding hydrogens is 398 g/mol. The second-order valence-corrected chi connectivity index (χ2v) is 7.93. The summed E-state index contributed by atoms with van der Waals surface area (Å²) in [6.45, 7) is 7.99. The fraction of sp³-hybridized carbons (Fsp3) is 0.304. The normalized spacial score (nSPS) is 12.2. The Morgan fingerprint density at radius 3 is 2.73 bits per heavy atom. The molecule has 2 N–H and O–H groups in total. The van der Waals surface area contributed by atoms with E-state index in [0.29, 0.717) is 30.3 Å². The van der Waals surface area contributed by atoms with Gasteiger partial charge in [0.2, 0.25) is 6.79 Å². The number of rotatable bonds is 5. The summed E-state index contributed by atoms with van der Waals surface area (Å²) in [6.07, 6.45) is 0. The first kappa shape index (κ1) is 20.2. The lowest BCUT2D eigenvalue weighted by atomic mass is 10.0. The molecule has 1 aliphatic rings. The van der Waals surface area contributed by atoms with Gasteiger partial charge < -0.3 is 24.7 Å². The van der Waals surface area contributed by atoms with E-state index in [4.69, 9.17) is 21.7 Å². The molecule has 0 unspecified atom stereocenters. The zero-order chi connectivity index (χ0) is 21.3. The van der Waals surface area contributed by atoms with Crippen molar-refractivity contribution in [1.82, 2.24) is 15.2 Å². The molecule has 0 saturated heterocycles. The Balaban J connectivity index is 1.66. The number of ether oxygens (including phenoxy) is 2. The maximum atomic E-state index is 12.8. The van der Waals surface area contributed by atoms with Crippen LogP contribution in [0.25, 0.3) is 10.9 Å². The van der Waals surface area contributed by atoms with Gasteiger partial charge in [-0.25, -0.2) is 0 Å². The van der Waals surface area contributed by atoms with Gasteiger partial charge in [0.25, 0.3) is 5.56 Å². The van der Waals surface area contributed by atoms with Gasteiger partial charge in [0, 0.05) is 29.6 Å². The number of thiocarbonyl (C=S) groups is 1. The SMILES string of the molecule is CCNC(=S)N(Cc1ccc2c(c1)OCO2)Cc1cc2c(C)cc(C)cc2[nH]c1=O. The Morgan fingerprint density at radius 2 is 1.93 bits per heavy atom. The van der Waals surface area contributed by atoms with Crippen LogP contribution in [-0.2, 0) is 13.1 Å². The summed E-state index contributed by atoms with van der Waals surface area (Å²) in [4.78, 5) is 17.8. The van der Waals surface area contributed by atoms with E-state index in [1.807, 2.05) is 49.1 Å². The van der Waals surface area contributed by atoms with Crippen LogP contribution in [-0.4, -0.2) is 28.3 Å². The predicted molar refractivity (Wildman–Crippen MR) is 122 cm³/mol. The van der Waals surface area contributed by atoms with Gasteiger partial charge in [0.05, 0.1) is 6.54 Å². The smallest absolute Gasteiger partial charge is 0.253 e. The third-order valence-corrected chi connectivity index (χ3v) is 5.58. The Morgan fingerprint density at radius 1 is 1.13 bits per heavy atom. The average molecular weight is 424 g/mol. The maximum absolute atomic E-state index is 12.8. The molecule has 0 aliphatic carbocycles. The Bertz CT molecular complexity index is 1170. The van der Waals surface area contributed by atoms with Crippen LogP contribution in [0.15, 0.2) is 41.2 Å². The summed E-state index contributed by atoms with van der Waals surface area (Å²) in [7, 11) is 0. The van der Waals surface area contributed by atoms with Crippen molar-refractivity contribution in [3.63, 3.8) is 0 Å². The lowest BCUT2D eigenvalue weighted by Crippen LogP contribution is -2.39. The number of hydrogen-bond donors (Lipinski definition) is 2. The molecule has 0 saturated carbocycles. The molecule has 0 atom stereocenters. The molecule has 3 aromatic rings. The van der Waals surface area contributed by atoms with Crippen molar-refractivity contribution in [2.45, 2.75) is 33.9 Å².